The smallest absolute Gasteiger partial charge is 0.408 e. The van der Waals surface area contributed by atoms with E-state index in [1.54, 1.807) is 45.0 Å². The fourth-order valence-corrected chi connectivity index (χ4v) is 2.94. The van der Waals surface area contributed by atoms with Crippen LogP contribution in [-0.2, 0) is 36.8 Å². The summed E-state index contributed by atoms with van der Waals surface area (Å²) in [7, 11) is 0. The monoisotopic (exact) mass is 559 g/mol. The van der Waals surface area contributed by atoms with Crippen molar-refractivity contribution in [3.63, 3.8) is 0 Å². The predicted octanol–water partition coefficient (Wildman–Crippen LogP) is 5.16. The minimum atomic E-state index is -1.80. The van der Waals surface area contributed by atoms with Crippen molar-refractivity contribution >= 4 is 52.8 Å². The Morgan fingerprint density at radius 1 is 0.889 bits per heavy atom. The molecule has 36 heavy (non-hydrogen) atoms. The molecule has 2 aromatic carbocycles. The summed E-state index contributed by atoms with van der Waals surface area (Å²) in [6.07, 6.45) is -0.732. The van der Waals surface area contributed by atoms with Crippen molar-refractivity contribution in [3.05, 3.63) is 65.7 Å². The molecule has 0 aliphatic rings. The van der Waals surface area contributed by atoms with Crippen molar-refractivity contribution in [2.24, 2.45) is 0 Å². The van der Waals surface area contributed by atoms with Gasteiger partial charge in [-0.2, -0.15) is 0 Å². The van der Waals surface area contributed by atoms with Gasteiger partial charge in [0.1, 0.15) is 30.6 Å². The molecule has 0 heterocycles. The number of halogens is 3. The average Bonchev–Trinajstić information content (AvgIpc) is 2.79. The second-order valence-electron chi connectivity index (χ2n) is 8.70. The molecule has 2 aromatic rings. The van der Waals surface area contributed by atoms with E-state index in [-0.39, 0.29) is 19.6 Å². The number of ether oxygens (including phenoxy) is 4. The van der Waals surface area contributed by atoms with Crippen molar-refractivity contribution in [1.82, 2.24) is 5.32 Å². The van der Waals surface area contributed by atoms with Gasteiger partial charge in [-0.3, -0.25) is 0 Å². The minimum Gasteiger partial charge on any atom is -0.482 e. The molecular weight excluding hydrogens is 533 g/mol. The molecule has 0 radical (unpaired) electrons. The fraction of sp³-hybridized carbons (Fsp3) is 0.400. The van der Waals surface area contributed by atoms with Gasteiger partial charge in [-0.25, -0.2) is 14.4 Å². The lowest BCUT2D eigenvalue weighted by Crippen LogP contribution is -2.46. The summed E-state index contributed by atoms with van der Waals surface area (Å²) in [5.74, 6) is -0.888. The van der Waals surface area contributed by atoms with Gasteiger partial charge in [-0.1, -0.05) is 77.3 Å². The Labute approximate surface area is 225 Å². The van der Waals surface area contributed by atoms with Gasteiger partial charge < -0.3 is 24.3 Å². The van der Waals surface area contributed by atoms with Gasteiger partial charge >= 0.3 is 18.0 Å². The lowest BCUT2D eigenvalue weighted by molar-refractivity contribution is -0.147. The number of nitrogens with one attached hydrogen (secondary N) is 1. The Balaban J connectivity index is 1.93. The first-order valence-corrected chi connectivity index (χ1v) is 12.1. The predicted molar refractivity (Wildman–Crippen MR) is 136 cm³/mol. The standard InChI is InChI=1S/C25H28Cl3NO7/c1-24(2,3)36-23(32)29-20(22(31)35-16-25(26,27)28)13-17-9-11-19(12-10-17)33-15-21(30)34-14-18-7-5-4-6-8-18/h4-12,20H,13-16H2,1-3H3,(H,29,32). The van der Waals surface area contributed by atoms with Crippen molar-refractivity contribution in [1.29, 1.82) is 0 Å². The van der Waals surface area contributed by atoms with Gasteiger partial charge in [-0.05, 0) is 44.0 Å². The second-order valence-corrected chi connectivity index (χ2v) is 11.2. The quantitative estimate of drug-likeness (QED) is 0.243. The van der Waals surface area contributed by atoms with E-state index in [0.717, 1.165) is 5.56 Å². The van der Waals surface area contributed by atoms with Crippen LogP contribution in [0.15, 0.2) is 54.6 Å². The lowest BCUT2D eigenvalue weighted by Gasteiger charge is -2.23. The maximum absolute atomic E-state index is 12.6. The van der Waals surface area contributed by atoms with Crippen molar-refractivity contribution in [2.75, 3.05) is 13.2 Å². The molecule has 0 fully saturated rings. The number of hydrogen-bond acceptors (Lipinski definition) is 7. The van der Waals surface area contributed by atoms with Crippen LogP contribution in [0.5, 0.6) is 5.75 Å². The topological polar surface area (TPSA) is 100 Å². The number of esters is 2. The Morgan fingerprint density at radius 2 is 1.53 bits per heavy atom. The van der Waals surface area contributed by atoms with Crippen LogP contribution in [0.4, 0.5) is 4.79 Å². The van der Waals surface area contributed by atoms with Gasteiger partial charge in [0.25, 0.3) is 0 Å². The Bertz CT molecular complexity index is 1000. The zero-order valence-electron chi connectivity index (χ0n) is 20.1. The zero-order chi connectivity index (χ0) is 26.8. The third kappa shape index (κ3) is 12.3. The van der Waals surface area contributed by atoms with Crippen LogP contribution in [0.3, 0.4) is 0 Å². The first-order chi connectivity index (χ1) is 16.8. The maximum atomic E-state index is 12.6. The SMILES string of the molecule is CC(C)(C)OC(=O)NC(Cc1ccc(OCC(=O)OCc2ccccc2)cc1)C(=O)OCC(Cl)(Cl)Cl. The van der Waals surface area contributed by atoms with Crippen LogP contribution >= 0.6 is 34.8 Å². The van der Waals surface area contributed by atoms with Gasteiger partial charge in [0, 0.05) is 6.42 Å². The second kappa shape index (κ2) is 13.6. The molecule has 0 aliphatic heterocycles. The molecule has 0 aromatic heterocycles. The molecule has 0 aliphatic carbocycles. The number of benzene rings is 2. The molecule has 8 nitrogen and oxygen atoms in total. The molecule has 196 valence electrons. The molecule has 0 bridgehead atoms. The van der Waals surface area contributed by atoms with Crippen molar-refractivity contribution < 1.29 is 33.3 Å². The first kappa shape index (κ1) is 29.5. The summed E-state index contributed by atoms with van der Waals surface area (Å²) < 4.78 is 19.1. The van der Waals surface area contributed by atoms with Gasteiger partial charge in [-0.15, -0.1) is 0 Å². The highest BCUT2D eigenvalue weighted by molar-refractivity contribution is 6.67. The highest BCUT2D eigenvalue weighted by Crippen LogP contribution is 2.26. The fourth-order valence-electron chi connectivity index (χ4n) is 2.78. The summed E-state index contributed by atoms with van der Waals surface area (Å²) in [4.78, 5) is 36.7. The molecule has 11 heteroatoms. The van der Waals surface area contributed by atoms with Crippen LogP contribution in [0, 0.1) is 0 Å². The molecule has 1 N–H and O–H groups in total. The van der Waals surface area contributed by atoms with Crippen LogP contribution in [-0.4, -0.2) is 46.7 Å². The van der Waals surface area contributed by atoms with Crippen molar-refractivity contribution in [3.8, 4) is 5.75 Å². The number of amides is 1. The van der Waals surface area contributed by atoms with E-state index in [1.807, 2.05) is 30.3 Å². The third-order valence-electron chi connectivity index (χ3n) is 4.32. The van der Waals surface area contributed by atoms with E-state index >= 15 is 0 Å². The van der Waals surface area contributed by atoms with E-state index in [1.165, 1.54) is 0 Å². The summed E-state index contributed by atoms with van der Waals surface area (Å²) in [5, 5.41) is 2.48. The van der Waals surface area contributed by atoms with Gasteiger partial charge in [0.2, 0.25) is 3.79 Å². The van der Waals surface area contributed by atoms with Crippen LogP contribution in [0.2, 0.25) is 0 Å². The number of hydrogen-bond donors (Lipinski definition) is 1. The van der Waals surface area contributed by atoms with Crippen molar-refractivity contribution in [2.45, 2.75) is 49.2 Å². The highest BCUT2D eigenvalue weighted by Gasteiger charge is 2.29. The molecular formula is C25H28Cl3NO7. The van der Waals surface area contributed by atoms with Crippen LogP contribution in [0.25, 0.3) is 0 Å². The maximum Gasteiger partial charge on any atom is 0.408 e. The molecule has 1 amide bonds. The third-order valence-corrected chi connectivity index (χ3v) is 4.64. The molecule has 0 spiro atoms. The minimum absolute atomic E-state index is 0.0668. The molecule has 1 unspecified atom stereocenters. The molecule has 2 rings (SSSR count). The highest BCUT2D eigenvalue weighted by atomic mass is 35.6. The molecule has 0 saturated heterocycles. The number of carbonyl (C=O) groups excluding carboxylic acids is 3. The van der Waals surface area contributed by atoms with Gasteiger partial charge in [0.05, 0.1) is 0 Å². The van der Waals surface area contributed by atoms with Crippen LogP contribution in [0.1, 0.15) is 31.9 Å². The average molecular weight is 561 g/mol. The molecule has 0 saturated carbocycles. The number of alkyl carbamates (subject to hydrolysis) is 1. The summed E-state index contributed by atoms with van der Waals surface area (Å²) in [6, 6.07) is 14.8. The van der Waals surface area contributed by atoms with E-state index in [4.69, 9.17) is 53.8 Å². The summed E-state index contributed by atoms with van der Waals surface area (Å²) >= 11 is 17.0. The van der Waals surface area contributed by atoms with E-state index in [0.29, 0.717) is 11.3 Å². The van der Waals surface area contributed by atoms with E-state index < -0.39 is 40.1 Å². The summed E-state index contributed by atoms with van der Waals surface area (Å²) in [6.45, 7) is 4.48. The Morgan fingerprint density at radius 3 is 2.11 bits per heavy atom. The number of alkyl halides is 3. The summed E-state index contributed by atoms with van der Waals surface area (Å²) in [5.41, 5.74) is 0.773. The normalized spacial score (nSPS) is 12.3. The van der Waals surface area contributed by atoms with E-state index in [9.17, 15) is 14.4 Å². The van der Waals surface area contributed by atoms with Crippen LogP contribution < -0.4 is 10.1 Å². The largest absolute Gasteiger partial charge is 0.482 e. The van der Waals surface area contributed by atoms with E-state index in [2.05, 4.69) is 5.32 Å². The number of rotatable bonds is 10. The first-order valence-electron chi connectivity index (χ1n) is 10.9. The Hall–Kier alpha value is -2.68. The number of carbonyl (C=O) groups is 3. The lowest BCUT2D eigenvalue weighted by atomic mass is 10.1. The zero-order valence-corrected chi connectivity index (χ0v) is 22.4. The molecule has 1 atom stereocenters. The van der Waals surface area contributed by atoms with Gasteiger partial charge in [0.15, 0.2) is 6.61 Å². The Kier molecular flexibility index (Phi) is 11.1.